The van der Waals surface area contributed by atoms with Crippen molar-refractivity contribution in [3.8, 4) is 0 Å². The molecule has 0 rings (SSSR count). The molecule has 0 saturated heterocycles. The van der Waals surface area contributed by atoms with Gasteiger partial charge in [-0.2, -0.15) is 0 Å². The van der Waals surface area contributed by atoms with Crippen LogP contribution in [0.1, 0.15) is 41.5 Å². The quantitative estimate of drug-likeness (QED) is 0.464. The van der Waals surface area contributed by atoms with Crippen LogP contribution >= 0.6 is 11.6 Å². The molecule has 1 nitrogen and oxygen atoms in total. The van der Waals surface area contributed by atoms with Gasteiger partial charge in [-0.05, 0) is 43.8 Å². The van der Waals surface area contributed by atoms with Crippen LogP contribution in [0.5, 0.6) is 0 Å². The maximum Gasteiger partial charge on any atom is 0.121 e. The lowest BCUT2D eigenvalue weighted by Gasteiger charge is -2.20. The van der Waals surface area contributed by atoms with E-state index in [0.29, 0.717) is 12.5 Å². The lowest BCUT2D eigenvalue weighted by atomic mass is 9.94. The minimum Gasteiger partial charge on any atom is -0.494 e. The molecule has 0 saturated carbocycles. The molecular formula is C15H25ClO. The summed E-state index contributed by atoms with van der Waals surface area (Å²) in [6.45, 7) is 17.1. The molecule has 0 aliphatic rings. The predicted molar refractivity (Wildman–Crippen MR) is 77.1 cm³/mol. The molecule has 0 radical (unpaired) electrons. The van der Waals surface area contributed by atoms with Crippen molar-refractivity contribution < 1.29 is 4.74 Å². The highest BCUT2D eigenvalue weighted by molar-refractivity contribution is 6.29. The summed E-state index contributed by atoms with van der Waals surface area (Å²) in [5.41, 5.74) is 2.24. The molecule has 0 aromatic carbocycles. The lowest BCUT2D eigenvalue weighted by Crippen LogP contribution is -2.07. The van der Waals surface area contributed by atoms with Crippen molar-refractivity contribution in [2.24, 2.45) is 11.8 Å². The highest BCUT2D eigenvalue weighted by atomic mass is 35.5. The summed E-state index contributed by atoms with van der Waals surface area (Å²) in [6, 6.07) is 0. The number of hydrogen-bond donors (Lipinski definition) is 0. The zero-order valence-electron chi connectivity index (χ0n) is 11.9. The number of allylic oxidation sites excluding steroid dienone is 4. The van der Waals surface area contributed by atoms with E-state index in [9.17, 15) is 0 Å². The Kier molecular flexibility index (Phi) is 7.29. The number of hydrogen-bond acceptors (Lipinski definition) is 1. The monoisotopic (exact) mass is 256 g/mol. The Balaban J connectivity index is 5.24. The Morgan fingerprint density at radius 2 is 1.82 bits per heavy atom. The van der Waals surface area contributed by atoms with Gasteiger partial charge < -0.3 is 4.74 Å². The smallest absolute Gasteiger partial charge is 0.121 e. The summed E-state index contributed by atoms with van der Waals surface area (Å²) in [4.78, 5) is 0. The highest BCUT2D eigenvalue weighted by Crippen LogP contribution is 2.27. The van der Waals surface area contributed by atoms with Gasteiger partial charge in [0.05, 0.1) is 6.61 Å². The van der Waals surface area contributed by atoms with Gasteiger partial charge in [-0.15, -0.1) is 0 Å². The third kappa shape index (κ3) is 5.45. The molecule has 0 N–H and O–H groups in total. The van der Waals surface area contributed by atoms with Crippen LogP contribution in [-0.2, 0) is 4.74 Å². The maximum atomic E-state index is 5.92. The SMILES string of the molecule is C=C(C(OCC)=C(C)C(C)C=C(C)Cl)C(C)C. The maximum absolute atomic E-state index is 5.92. The van der Waals surface area contributed by atoms with E-state index in [0.717, 1.165) is 16.4 Å². The fourth-order valence-electron chi connectivity index (χ4n) is 1.54. The second-order valence-corrected chi connectivity index (χ2v) is 5.26. The topological polar surface area (TPSA) is 9.23 Å². The Bertz CT molecular complexity index is 320. The summed E-state index contributed by atoms with van der Waals surface area (Å²) >= 11 is 5.92. The second kappa shape index (κ2) is 7.60. The third-order valence-electron chi connectivity index (χ3n) is 2.80. The van der Waals surface area contributed by atoms with Gasteiger partial charge in [-0.25, -0.2) is 0 Å². The first kappa shape index (κ1) is 16.3. The molecule has 0 amide bonds. The van der Waals surface area contributed by atoms with Gasteiger partial charge in [0.1, 0.15) is 5.76 Å². The van der Waals surface area contributed by atoms with Crippen LogP contribution in [0.2, 0.25) is 0 Å². The zero-order chi connectivity index (χ0) is 13.6. The van der Waals surface area contributed by atoms with E-state index >= 15 is 0 Å². The molecule has 1 unspecified atom stereocenters. The molecular weight excluding hydrogens is 232 g/mol. The summed E-state index contributed by atoms with van der Waals surface area (Å²) in [5, 5.41) is 0.808. The molecule has 0 aliphatic heterocycles. The Hall–Kier alpha value is -0.690. The first-order chi connectivity index (χ1) is 7.81. The van der Waals surface area contributed by atoms with Gasteiger partial charge in [0.2, 0.25) is 0 Å². The van der Waals surface area contributed by atoms with Gasteiger partial charge in [0.15, 0.2) is 0 Å². The van der Waals surface area contributed by atoms with Crippen molar-refractivity contribution in [1.82, 2.24) is 0 Å². The fourth-order valence-corrected chi connectivity index (χ4v) is 1.73. The van der Waals surface area contributed by atoms with E-state index in [4.69, 9.17) is 16.3 Å². The largest absolute Gasteiger partial charge is 0.494 e. The molecule has 17 heavy (non-hydrogen) atoms. The van der Waals surface area contributed by atoms with Crippen molar-refractivity contribution in [1.29, 1.82) is 0 Å². The summed E-state index contributed by atoms with van der Waals surface area (Å²) in [6.07, 6.45) is 2.03. The molecule has 98 valence electrons. The average Bonchev–Trinajstić information content (AvgIpc) is 2.22. The van der Waals surface area contributed by atoms with Crippen molar-refractivity contribution in [2.45, 2.75) is 41.5 Å². The van der Waals surface area contributed by atoms with E-state index in [2.05, 4.69) is 34.3 Å². The van der Waals surface area contributed by atoms with Crippen molar-refractivity contribution in [3.63, 3.8) is 0 Å². The molecule has 0 heterocycles. The lowest BCUT2D eigenvalue weighted by molar-refractivity contribution is 0.227. The second-order valence-electron chi connectivity index (χ2n) is 4.67. The van der Waals surface area contributed by atoms with E-state index < -0.39 is 0 Å². The minimum atomic E-state index is 0.268. The fraction of sp³-hybridized carbons (Fsp3) is 0.600. The van der Waals surface area contributed by atoms with E-state index in [1.165, 1.54) is 5.57 Å². The summed E-state index contributed by atoms with van der Waals surface area (Å²) in [7, 11) is 0. The van der Waals surface area contributed by atoms with Gasteiger partial charge in [-0.1, -0.05) is 45.0 Å². The number of halogens is 1. The third-order valence-corrected chi connectivity index (χ3v) is 2.92. The van der Waals surface area contributed by atoms with Gasteiger partial charge in [-0.3, -0.25) is 0 Å². The van der Waals surface area contributed by atoms with E-state index in [1.807, 2.05) is 19.9 Å². The standard InChI is InChI=1S/C15H25ClO/c1-8-17-15(13(6)10(2)3)14(7)11(4)9-12(5)16/h9-11H,6,8H2,1-5,7H3. The average molecular weight is 257 g/mol. The molecule has 0 aliphatic carbocycles. The van der Waals surface area contributed by atoms with Crippen LogP contribution in [0.4, 0.5) is 0 Å². The first-order valence-electron chi connectivity index (χ1n) is 6.17. The van der Waals surface area contributed by atoms with Crippen LogP contribution in [0, 0.1) is 11.8 Å². The van der Waals surface area contributed by atoms with Gasteiger partial charge in [0, 0.05) is 5.03 Å². The Morgan fingerprint density at radius 3 is 2.18 bits per heavy atom. The van der Waals surface area contributed by atoms with E-state index in [1.54, 1.807) is 0 Å². The minimum absolute atomic E-state index is 0.268. The van der Waals surface area contributed by atoms with Crippen molar-refractivity contribution in [2.75, 3.05) is 6.61 Å². The van der Waals surface area contributed by atoms with Crippen LogP contribution in [0.15, 0.2) is 34.6 Å². The predicted octanol–water partition coefficient (Wildman–Crippen LogP) is 5.29. The van der Waals surface area contributed by atoms with E-state index in [-0.39, 0.29) is 5.92 Å². The summed E-state index contributed by atoms with van der Waals surface area (Å²) < 4.78 is 5.74. The molecule has 0 bridgehead atoms. The Labute approximate surface area is 111 Å². The Morgan fingerprint density at radius 1 is 1.29 bits per heavy atom. The zero-order valence-corrected chi connectivity index (χ0v) is 12.7. The molecule has 2 heteroatoms. The van der Waals surface area contributed by atoms with Crippen LogP contribution < -0.4 is 0 Å². The normalized spacial score (nSPS) is 15.6. The van der Waals surface area contributed by atoms with Crippen LogP contribution in [0.25, 0.3) is 0 Å². The molecule has 0 aromatic rings. The van der Waals surface area contributed by atoms with Crippen LogP contribution in [-0.4, -0.2) is 6.61 Å². The number of ether oxygens (including phenoxy) is 1. The molecule has 0 aromatic heterocycles. The molecule has 1 atom stereocenters. The van der Waals surface area contributed by atoms with Gasteiger partial charge in [0.25, 0.3) is 0 Å². The van der Waals surface area contributed by atoms with Crippen molar-refractivity contribution >= 4 is 11.6 Å². The molecule has 0 fully saturated rings. The van der Waals surface area contributed by atoms with Crippen LogP contribution in [0.3, 0.4) is 0 Å². The number of rotatable bonds is 6. The first-order valence-corrected chi connectivity index (χ1v) is 6.55. The summed E-state index contributed by atoms with van der Waals surface area (Å²) in [5.74, 6) is 1.59. The highest BCUT2D eigenvalue weighted by Gasteiger charge is 2.14. The van der Waals surface area contributed by atoms with Crippen molar-refractivity contribution in [3.05, 3.63) is 34.6 Å². The molecule has 0 spiro atoms. The van der Waals surface area contributed by atoms with Gasteiger partial charge >= 0.3 is 0 Å².